The Hall–Kier alpha value is 0.0700. The Bertz CT molecular complexity index is 203. The Balaban J connectivity index is 4.09. The monoisotopic (exact) mass is 254 g/mol. The highest BCUT2D eigenvalue weighted by Gasteiger charge is 2.24. The van der Waals surface area contributed by atoms with E-state index in [0.717, 1.165) is 0 Å². The van der Waals surface area contributed by atoms with Gasteiger partial charge in [0.1, 0.15) is 0 Å². The molecule has 0 radical (unpaired) electrons. The van der Waals surface area contributed by atoms with Crippen LogP contribution in [0.3, 0.4) is 0 Å². The summed E-state index contributed by atoms with van der Waals surface area (Å²) in [6, 6.07) is 0. The van der Waals surface area contributed by atoms with Crippen LogP contribution in [-0.2, 0) is 23.1 Å². The van der Waals surface area contributed by atoms with E-state index < -0.39 is 7.60 Å². The van der Waals surface area contributed by atoms with Crippen molar-refractivity contribution in [3.05, 3.63) is 0 Å². The van der Waals surface area contributed by atoms with Crippen LogP contribution in [0.1, 0.15) is 27.2 Å². The van der Waals surface area contributed by atoms with Gasteiger partial charge >= 0.3 is 7.60 Å². The average Bonchev–Trinajstić information content (AvgIpc) is 2.27. The predicted molar refractivity (Wildman–Crippen MR) is 62.8 cm³/mol. The maximum atomic E-state index is 11.9. The predicted octanol–water partition coefficient (Wildman–Crippen LogP) is 2.65. The summed E-state index contributed by atoms with van der Waals surface area (Å²) in [7, 11) is -1.57. The Morgan fingerprint density at radius 2 is 1.62 bits per heavy atom. The van der Waals surface area contributed by atoms with Crippen LogP contribution in [0.15, 0.2) is 0 Å². The zero-order valence-electron chi connectivity index (χ0n) is 10.6. The van der Waals surface area contributed by atoms with Crippen molar-refractivity contribution in [1.82, 2.24) is 0 Å². The molecular formula is C10H23O5P. The third kappa shape index (κ3) is 6.61. The first kappa shape index (κ1) is 16.1. The maximum absolute atomic E-state index is 11.9. The highest BCUT2D eigenvalue weighted by Crippen LogP contribution is 2.47. The molecule has 0 rings (SSSR count). The smallest absolute Gasteiger partial charge is 0.330 e. The molecule has 0 aliphatic heterocycles. The lowest BCUT2D eigenvalue weighted by molar-refractivity contribution is -0.136. The van der Waals surface area contributed by atoms with Gasteiger partial charge in [-0.3, -0.25) is 4.57 Å². The summed E-state index contributed by atoms with van der Waals surface area (Å²) in [5.41, 5.74) is 0. The van der Waals surface area contributed by atoms with Gasteiger partial charge in [-0.1, -0.05) is 0 Å². The zero-order chi connectivity index (χ0) is 12.4. The third-order valence-corrected chi connectivity index (χ3v) is 3.96. The Morgan fingerprint density at radius 1 is 1.06 bits per heavy atom. The molecule has 0 spiro atoms. The van der Waals surface area contributed by atoms with E-state index in [2.05, 4.69) is 0 Å². The van der Waals surface area contributed by atoms with Gasteiger partial charge < -0.3 is 18.5 Å². The van der Waals surface area contributed by atoms with Gasteiger partial charge in [0.25, 0.3) is 0 Å². The summed E-state index contributed by atoms with van der Waals surface area (Å²) in [6.45, 7) is 7.08. The van der Waals surface area contributed by atoms with Gasteiger partial charge in [0.05, 0.1) is 12.8 Å². The molecule has 0 fully saturated rings. The summed E-state index contributed by atoms with van der Waals surface area (Å²) >= 11 is 0. The fraction of sp³-hybridized carbons (Fsp3) is 1.00. The lowest BCUT2D eigenvalue weighted by atomic mass is 10.5. The van der Waals surface area contributed by atoms with E-state index in [4.69, 9.17) is 18.5 Å². The zero-order valence-corrected chi connectivity index (χ0v) is 11.5. The summed E-state index contributed by atoms with van der Waals surface area (Å²) in [4.78, 5) is 0. The van der Waals surface area contributed by atoms with Crippen molar-refractivity contribution in [3.8, 4) is 0 Å². The van der Waals surface area contributed by atoms with Crippen molar-refractivity contribution in [2.24, 2.45) is 0 Å². The van der Waals surface area contributed by atoms with Crippen molar-refractivity contribution in [2.75, 3.05) is 33.1 Å². The van der Waals surface area contributed by atoms with E-state index in [1.54, 1.807) is 6.92 Å². The van der Waals surface area contributed by atoms with Crippen molar-refractivity contribution in [2.45, 2.75) is 33.5 Å². The molecule has 0 aromatic heterocycles. The van der Waals surface area contributed by atoms with Crippen molar-refractivity contribution in [3.63, 3.8) is 0 Å². The minimum absolute atomic E-state index is 0.308. The second-order valence-electron chi connectivity index (χ2n) is 3.06. The summed E-state index contributed by atoms with van der Waals surface area (Å²) < 4.78 is 32.6. The van der Waals surface area contributed by atoms with Gasteiger partial charge in [0.2, 0.25) is 0 Å². The van der Waals surface area contributed by atoms with Crippen molar-refractivity contribution >= 4 is 7.60 Å². The molecular weight excluding hydrogens is 231 g/mol. The summed E-state index contributed by atoms with van der Waals surface area (Å²) in [6.07, 6.45) is 0.480. The lowest BCUT2D eigenvalue weighted by Gasteiger charge is -2.20. The second kappa shape index (κ2) is 9.14. The molecule has 0 aliphatic carbocycles. The van der Waals surface area contributed by atoms with Crippen LogP contribution in [0, 0.1) is 0 Å². The van der Waals surface area contributed by atoms with Crippen LogP contribution in [-0.4, -0.2) is 39.4 Å². The van der Waals surface area contributed by atoms with Gasteiger partial charge in [-0.05, 0) is 20.8 Å². The van der Waals surface area contributed by atoms with Crippen LogP contribution < -0.4 is 0 Å². The molecule has 1 atom stereocenters. The molecule has 0 saturated carbocycles. The normalized spacial score (nSPS) is 15.3. The molecule has 0 bridgehead atoms. The van der Waals surface area contributed by atoms with Crippen LogP contribution in [0.5, 0.6) is 0 Å². The molecule has 6 heteroatoms. The molecule has 0 N–H and O–H groups in total. The average molecular weight is 254 g/mol. The molecule has 16 heavy (non-hydrogen) atoms. The van der Waals surface area contributed by atoms with E-state index in [-0.39, 0.29) is 6.29 Å². The number of hydrogen-bond donors (Lipinski definition) is 0. The largest absolute Gasteiger partial charge is 0.353 e. The standard InChI is InChI=1S/C10H23O5P/c1-5-13-10(14-6-2)8-9-16(11,12-4)15-7-3/h10H,5-9H2,1-4H3. The number of hydrogen-bond acceptors (Lipinski definition) is 5. The molecule has 1 unspecified atom stereocenters. The van der Waals surface area contributed by atoms with Gasteiger partial charge in [-0.2, -0.15) is 0 Å². The minimum Gasteiger partial charge on any atom is -0.353 e. The molecule has 0 aromatic rings. The highest BCUT2D eigenvalue weighted by atomic mass is 31.2. The van der Waals surface area contributed by atoms with Crippen molar-refractivity contribution < 1.29 is 23.1 Å². The van der Waals surface area contributed by atoms with Gasteiger partial charge in [0.15, 0.2) is 6.29 Å². The molecule has 0 aliphatic rings. The first-order chi connectivity index (χ1) is 7.61. The van der Waals surface area contributed by atoms with Gasteiger partial charge in [0, 0.05) is 26.7 Å². The SMILES string of the molecule is CCOC(CCP(=O)(OC)OCC)OCC. The van der Waals surface area contributed by atoms with E-state index in [1.165, 1.54) is 7.11 Å². The van der Waals surface area contributed by atoms with E-state index in [0.29, 0.717) is 32.4 Å². The van der Waals surface area contributed by atoms with Gasteiger partial charge in [-0.15, -0.1) is 0 Å². The molecule has 0 heterocycles. The molecule has 0 saturated heterocycles. The third-order valence-electron chi connectivity index (χ3n) is 1.95. The molecule has 98 valence electrons. The summed E-state index contributed by atoms with van der Waals surface area (Å²) in [5, 5.41) is 0. The first-order valence-electron chi connectivity index (χ1n) is 5.64. The fourth-order valence-electron chi connectivity index (χ4n) is 1.26. The van der Waals surface area contributed by atoms with Crippen LogP contribution in [0.25, 0.3) is 0 Å². The Labute approximate surface area is 97.9 Å². The Kier molecular flexibility index (Phi) is 9.18. The van der Waals surface area contributed by atoms with Gasteiger partial charge in [-0.25, -0.2) is 0 Å². The van der Waals surface area contributed by atoms with E-state index in [9.17, 15) is 4.57 Å². The van der Waals surface area contributed by atoms with Crippen molar-refractivity contribution in [1.29, 1.82) is 0 Å². The molecule has 0 aromatic carbocycles. The Morgan fingerprint density at radius 3 is 2.00 bits per heavy atom. The quantitative estimate of drug-likeness (QED) is 0.443. The van der Waals surface area contributed by atoms with E-state index >= 15 is 0 Å². The van der Waals surface area contributed by atoms with Crippen LogP contribution in [0.2, 0.25) is 0 Å². The summed E-state index contributed by atoms with van der Waals surface area (Å²) in [5.74, 6) is 0. The minimum atomic E-state index is -2.96. The second-order valence-corrected chi connectivity index (χ2v) is 5.36. The number of ether oxygens (including phenoxy) is 2. The fourth-order valence-corrected chi connectivity index (χ4v) is 2.59. The van der Waals surface area contributed by atoms with Crippen LogP contribution >= 0.6 is 7.60 Å². The number of rotatable bonds is 10. The van der Waals surface area contributed by atoms with Crippen LogP contribution in [0.4, 0.5) is 0 Å². The maximum Gasteiger partial charge on any atom is 0.330 e. The molecule has 5 nitrogen and oxygen atoms in total. The topological polar surface area (TPSA) is 54.0 Å². The lowest BCUT2D eigenvalue weighted by Crippen LogP contribution is -2.19. The molecule has 0 amide bonds. The highest BCUT2D eigenvalue weighted by molar-refractivity contribution is 7.53. The van der Waals surface area contributed by atoms with E-state index in [1.807, 2.05) is 13.8 Å². The first-order valence-corrected chi connectivity index (χ1v) is 7.37.